The molecular formula is C16H21N3OS. The maximum absolute atomic E-state index is 5.05. The van der Waals surface area contributed by atoms with Crippen molar-refractivity contribution in [3.05, 3.63) is 40.4 Å². The summed E-state index contributed by atoms with van der Waals surface area (Å²) in [6.07, 6.45) is 1.11. The average Bonchev–Trinajstić information content (AvgIpc) is 3.07. The van der Waals surface area contributed by atoms with Gasteiger partial charge in [-0.05, 0) is 25.0 Å². The highest BCUT2D eigenvalue weighted by Gasteiger charge is 2.23. The van der Waals surface area contributed by atoms with Gasteiger partial charge in [0.15, 0.2) is 5.13 Å². The predicted octanol–water partition coefficient (Wildman–Crippen LogP) is 2.88. The molecule has 1 aliphatic rings. The van der Waals surface area contributed by atoms with E-state index in [-0.39, 0.29) is 0 Å². The summed E-state index contributed by atoms with van der Waals surface area (Å²) in [5, 5.41) is 4.51. The molecule has 0 radical (unpaired) electrons. The molecule has 0 bridgehead atoms. The van der Waals surface area contributed by atoms with E-state index >= 15 is 0 Å². The molecule has 3 rings (SSSR count). The van der Waals surface area contributed by atoms with Crippen molar-refractivity contribution in [1.29, 1.82) is 0 Å². The van der Waals surface area contributed by atoms with E-state index in [1.54, 1.807) is 18.4 Å². The fourth-order valence-electron chi connectivity index (χ4n) is 2.61. The third kappa shape index (κ3) is 3.10. The van der Waals surface area contributed by atoms with Crippen LogP contribution in [0.25, 0.3) is 0 Å². The van der Waals surface area contributed by atoms with Gasteiger partial charge in [0, 0.05) is 37.3 Å². The lowest BCUT2D eigenvalue weighted by atomic mass is 10.2. The first-order chi connectivity index (χ1) is 10.3. The molecule has 1 aliphatic heterocycles. The Labute approximate surface area is 129 Å². The number of nitrogens with one attached hydrogen (secondary N) is 1. The number of aromatic nitrogens is 1. The highest BCUT2D eigenvalue weighted by atomic mass is 32.1. The Kier molecular flexibility index (Phi) is 4.53. The van der Waals surface area contributed by atoms with Crippen LogP contribution in [0.4, 0.5) is 10.8 Å². The molecule has 2 heterocycles. The van der Waals surface area contributed by atoms with Gasteiger partial charge in [-0.2, -0.15) is 0 Å². The lowest BCUT2D eigenvalue weighted by Crippen LogP contribution is -2.18. The summed E-state index contributed by atoms with van der Waals surface area (Å²) in [6.45, 7) is 5.60. The van der Waals surface area contributed by atoms with Crippen molar-refractivity contribution in [2.45, 2.75) is 19.9 Å². The van der Waals surface area contributed by atoms with Gasteiger partial charge in [0.2, 0.25) is 0 Å². The van der Waals surface area contributed by atoms with Crippen molar-refractivity contribution in [2.75, 3.05) is 31.7 Å². The number of ether oxygens (including phenoxy) is 1. The fraction of sp³-hybridized carbons (Fsp3) is 0.438. The SMILES string of the molecule is COCCNCc1sc(N2CCc3ccccc32)nc1C. The second kappa shape index (κ2) is 6.56. The van der Waals surface area contributed by atoms with Gasteiger partial charge in [-0.25, -0.2) is 4.98 Å². The largest absolute Gasteiger partial charge is 0.383 e. The van der Waals surface area contributed by atoms with Gasteiger partial charge in [0.25, 0.3) is 0 Å². The van der Waals surface area contributed by atoms with Gasteiger partial charge < -0.3 is 15.0 Å². The quantitative estimate of drug-likeness (QED) is 0.833. The minimum atomic E-state index is 0.740. The van der Waals surface area contributed by atoms with Crippen LogP contribution >= 0.6 is 11.3 Å². The Balaban J connectivity index is 1.73. The number of rotatable bonds is 6. The molecule has 0 amide bonds. The highest BCUT2D eigenvalue weighted by Crippen LogP contribution is 2.37. The van der Waals surface area contributed by atoms with Gasteiger partial charge in [-0.3, -0.25) is 0 Å². The smallest absolute Gasteiger partial charge is 0.190 e. The van der Waals surface area contributed by atoms with Crippen molar-refractivity contribution in [1.82, 2.24) is 10.3 Å². The lowest BCUT2D eigenvalue weighted by molar-refractivity contribution is 0.199. The van der Waals surface area contributed by atoms with Crippen LogP contribution in [-0.2, 0) is 17.7 Å². The lowest BCUT2D eigenvalue weighted by Gasteiger charge is -2.15. The van der Waals surface area contributed by atoms with E-state index in [0.717, 1.165) is 43.5 Å². The Hall–Kier alpha value is -1.43. The zero-order valence-electron chi connectivity index (χ0n) is 12.6. The molecule has 5 heteroatoms. The van der Waals surface area contributed by atoms with Crippen molar-refractivity contribution in [3.8, 4) is 0 Å². The molecule has 21 heavy (non-hydrogen) atoms. The number of nitrogens with zero attached hydrogens (tertiary/aromatic N) is 2. The molecule has 0 saturated heterocycles. The molecule has 0 fully saturated rings. The first-order valence-electron chi connectivity index (χ1n) is 7.31. The maximum Gasteiger partial charge on any atom is 0.190 e. The summed E-state index contributed by atoms with van der Waals surface area (Å²) in [5.41, 5.74) is 3.86. The summed E-state index contributed by atoms with van der Waals surface area (Å²) in [6, 6.07) is 8.62. The number of benzene rings is 1. The summed E-state index contributed by atoms with van der Waals surface area (Å²) in [5.74, 6) is 0. The third-order valence-electron chi connectivity index (χ3n) is 3.77. The molecular weight excluding hydrogens is 282 g/mol. The minimum Gasteiger partial charge on any atom is -0.383 e. The number of thiazole rings is 1. The molecule has 0 saturated carbocycles. The van der Waals surface area contributed by atoms with Crippen LogP contribution in [0.5, 0.6) is 0 Å². The van der Waals surface area contributed by atoms with Gasteiger partial charge in [-0.15, -0.1) is 0 Å². The van der Waals surface area contributed by atoms with Gasteiger partial charge in [0.05, 0.1) is 12.3 Å². The molecule has 112 valence electrons. The molecule has 4 nitrogen and oxygen atoms in total. The van der Waals surface area contributed by atoms with Crippen molar-refractivity contribution < 1.29 is 4.74 Å². The summed E-state index contributed by atoms with van der Waals surface area (Å²) >= 11 is 1.79. The van der Waals surface area contributed by atoms with Crippen LogP contribution in [0.1, 0.15) is 16.1 Å². The number of fused-ring (bicyclic) bond motifs is 1. The van der Waals surface area contributed by atoms with Crippen LogP contribution in [-0.4, -0.2) is 31.8 Å². The van der Waals surface area contributed by atoms with Crippen molar-refractivity contribution >= 4 is 22.2 Å². The van der Waals surface area contributed by atoms with Crippen LogP contribution in [0.3, 0.4) is 0 Å². The standard InChI is InChI=1S/C16H21N3OS/c1-12-15(11-17-8-10-20-2)21-16(18-12)19-9-7-13-5-3-4-6-14(13)19/h3-6,17H,7-11H2,1-2H3. The minimum absolute atomic E-state index is 0.740. The number of hydrogen-bond donors (Lipinski definition) is 1. The fourth-order valence-corrected chi connectivity index (χ4v) is 3.68. The van der Waals surface area contributed by atoms with Crippen LogP contribution in [0.2, 0.25) is 0 Å². The van der Waals surface area contributed by atoms with Gasteiger partial charge in [0.1, 0.15) is 0 Å². The molecule has 0 atom stereocenters. The average molecular weight is 303 g/mol. The second-order valence-electron chi connectivity index (χ2n) is 5.20. The molecule has 0 spiro atoms. The summed E-state index contributed by atoms with van der Waals surface area (Å²) < 4.78 is 5.05. The zero-order valence-corrected chi connectivity index (χ0v) is 13.4. The molecule has 1 aromatic heterocycles. The Bertz CT molecular complexity index is 611. The van der Waals surface area contributed by atoms with E-state index < -0.39 is 0 Å². The van der Waals surface area contributed by atoms with Gasteiger partial charge >= 0.3 is 0 Å². The molecule has 1 aromatic carbocycles. The Morgan fingerprint density at radius 3 is 3.10 bits per heavy atom. The first-order valence-corrected chi connectivity index (χ1v) is 8.12. The number of para-hydroxylation sites is 1. The van der Waals surface area contributed by atoms with E-state index in [2.05, 4.69) is 41.4 Å². The van der Waals surface area contributed by atoms with E-state index in [4.69, 9.17) is 9.72 Å². The highest BCUT2D eigenvalue weighted by molar-refractivity contribution is 7.15. The number of hydrogen-bond acceptors (Lipinski definition) is 5. The van der Waals surface area contributed by atoms with E-state index in [9.17, 15) is 0 Å². The predicted molar refractivity (Wildman–Crippen MR) is 87.6 cm³/mol. The van der Waals surface area contributed by atoms with E-state index in [1.165, 1.54) is 16.1 Å². The number of methoxy groups -OCH3 is 1. The van der Waals surface area contributed by atoms with Crippen molar-refractivity contribution in [3.63, 3.8) is 0 Å². The molecule has 2 aromatic rings. The number of anilines is 2. The van der Waals surface area contributed by atoms with Gasteiger partial charge in [-0.1, -0.05) is 29.5 Å². The van der Waals surface area contributed by atoms with E-state index in [1.807, 2.05) is 0 Å². The monoisotopic (exact) mass is 303 g/mol. The topological polar surface area (TPSA) is 37.4 Å². The zero-order chi connectivity index (χ0) is 14.7. The van der Waals surface area contributed by atoms with Crippen LogP contribution < -0.4 is 10.2 Å². The summed E-state index contributed by atoms with van der Waals surface area (Å²) in [4.78, 5) is 8.41. The van der Waals surface area contributed by atoms with Crippen molar-refractivity contribution in [2.24, 2.45) is 0 Å². The van der Waals surface area contributed by atoms with Crippen LogP contribution in [0, 0.1) is 6.92 Å². The molecule has 0 unspecified atom stereocenters. The molecule has 0 aliphatic carbocycles. The first kappa shape index (κ1) is 14.5. The Morgan fingerprint density at radius 2 is 2.24 bits per heavy atom. The summed E-state index contributed by atoms with van der Waals surface area (Å²) in [7, 11) is 1.72. The maximum atomic E-state index is 5.05. The van der Waals surface area contributed by atoms with Crippen LogP contribution in [0.15, 0.2) is 24.3 Å². The Morgan fingerprint density at radius 1 is 1.38 bits per heavy atom. The van der Waals surface area contributed by atoms with E-state index in [0.29, 0.717) is 0 Å². The second-order valence-corrected chi connectivity index (χ2v) is 6.27. The third-order valence-corrected chi connectivity index (χ3v) is 4.95. The normalized spacial score (nSPS) is 13.7. The number of aryl methyl sites for hydroxylation is 1. The molecule has 1 N–H and O–H groups in total.